The third-order valence-corrected chi connectivity index (χ3v) is 8.52. The molecule has 0 amide bonds. The smallest absolute Gasteiger partial charge is 0.0887 e. The van der Waals surface area contributed by atoms with Gasteiger partial charge in [0.25, 0.3) is 0 Å². The van der Waals surface area contributed by atoms with Gasteiger partial charge in [-0.15, -0.1) is 11.3 Å². The first-order valence-corrected chi connectivity index (χ1v) is 9.76. The monoisotopic (exact) mass is 373 g/mol. The first-order chi connectivity index (χ1) is 9.65. The average Bonchev–Trinajstić information content (AvgIpc) is 2.72. The van der Waals surface area contributed by atoms with Crippen molar-refractivity contribution in [3.63, 3.8) is 0 Å². The lowest BCUT2D eigenvalue weighted by Crippen LogP contribution is -2.49. The Balaban J connectivity index is 1.64. The molecular formula is C16H21BrClNS. The quantitative estimate of drug-likeness (QED) is 0.737. The molecule has 1 unspecified atom stereocenters. The van der Waals surface area contributed by atoms with Crippen molar-refractivity contribution in [2.45, 2.75) is 38.1 Å². The van der Waals surface area contributed by atoms with E-state index >= 15 is 0 Å². The zero-order valence-corrected chi connectivity index (χ0v) is 14.9. The fourth-order valence-electron chi connectivity index (χ4n) is 5.55. The van der Waals surface area contributed by atoms with Crippen LogP contribution in [-0.2, 0) is 0 Å². The molecule has 0 saturated heterocycles. The minimum atomic E-state index is 0.499. The van der Waals surface area contributed by atoms with Gasteiger partial charge in [0.05, 0.1) is 8.81 Å². The highest BCUT2D eigenvalue weighted by Crippen LogP contribution is 2.59. The van der Waals surface area contributed by atoms with Gasteiger partial charge in [0.1, 0.15) is 0 Å². The molecule has 5 rings (SSSR count). The van der Waals surface area contributed by atoms with E-state index in [0.717, 1.165) is 38.4 Å². The molecule has 1 aromatic heterocycles. The van der Waals surface area contributed by atoms with Crippen LogP contribution in [0, 0.1) is 29.6 Å². The topological polar surface area (TPSA) is 12.0 Å². The molecule has 4 aliphatic carbocycles. The predicted octanol–water partition coefficient (Wildman–Crippen LogP) is 5.50. The number of hydrogen-bond acceptors (Lipinski definition) is 2. The van der Waals surface area contributed by atoms with Crippen LogP contribution < -0.4 is 5.32 Å². The molecule has 4 fully saturated rings. The minimum Gasteiger partial charge on any atom is -0.312 e. The van der Waals surface area contributed by atoms with E-state index in [2.05, 4.69) is 34.4 Å². The summed E-state index contributed by atoms with van der Waals surface area (Å²) in [7, 11) is 2.12. The molecule has 1 aromatic rings. The van der Waals surface area contributed by atoms with Gasteiger partial charge >= 0.3 is 0 Å². The number of nitrogens with one attached hydrogen (secondary N) is 1. The van der Waals surface area contributed by atoms with Gasteiger partial charge in [-0.2, -0.15) is 0 Å². The second kappa shape index (κ2) is 5.26. The fourth-order valence-corrected chi connectivity index (χ4v) is 7.47. The largest absolute Gasteiger partial charge is 0.312 e. The van der Waals surface area contributed by atoms with Crippen LogP contribution in [0.1, 0.15) is 43.0 Å². The summed E-state index contributed by atoms with van der Waals surface area (Å²) in [6.07, 6.45) is 7.46. The fraction of sp³-hybridized carbons (Fsp3) is 0.750. The summed E-state index contributed by atoms with van der Waals surface area (Å²) in [5.41, 5.74) is 0. The Kier molecular flexibility index (Phi) is 3.69. The van der Waals surface area contributed by atoms with E-state index in [-0.39, 0.29) is 0 Å². The minimum absolute atomic E-state index is 0.499. The van der Waals surface area contributed by atoms with Gasteiger partial charge in [0.15, 0.2) is 0 Å². The number of rotatable bonds is 3. The maximum Gasteiger partial charge on any atom is 0.0887 e. The average molecular weight is 375 g/mol. The van der Waals surface area contributed by atoms with Crippen molar-refractivity contribution in [2.75, 3.05) is 7.05 Å². The highest BCUT2D eigenvalue weighted by molar-refractivity contribution is 9.11. The maximum absolute atomic E-state index is 6.26. The summed E-state index contributed by atoms with van der Waals surface area (Å²) in [6, 6.07) is 2.67. The molecule has 0 radical (unpaired) electrons. The molecule has 110 valence electrons. The summed E-state index contributed by atoms with van der Waals surface area (Å²) in [5.74, 6) is 4.82. The molecule has 0 spiro atoms. The van der Waals surface area contributed by atoms with Gasteiger partial charge in [-0.05, 0) is 90.7 Å². The lowest BCUT2D eigenvalue weighted by molar-refractivity contribution is -0.0510. The summed E-state index contributed by atoms with van der Waals surface area (Å²) >= 11 is 11.6. The van der Waals surface area contributed by atoms with Crippen molar-refractivity contribution in [2.24, 2.45) is 29.6 Å². The van der Waals surface area contributed by atoms with Gasteiger partial charge in [-0.1, -0.05) is 11.6 Å². The first-order valence-electron chi connectivity index (χ1n) is 7.77. The number of hydrogen-bond donors (Lipinski definition) is 1. The Bertz CT molecular complexity index is 467. The van der Waals surface area contributed by atoms with Crippen molar-refractivity contribution in [3.8, 4) is 0 Å². The van der Waals surface area contributed by atoms with Crippen molar-refractivity contribution in [3.05, 3.63) is 19.8 Å². The first kappa shape index (κ1) is 14.0. The van der Waals surface area contributed by atoms with E-state index in [0.29, 0.717) is 6.04 Å². The molecule has 1 nitrogen and oxygen atoms in total. The molecule has 4 aliphatic rings. The second-order valence-corrected chi connectivity index (χ2v) is 9.85. The third kappa shape index (κ3) is 2.20. The van der Waals surface area contributed by atoms with E-state index in [9.17, 15) is 0 Å². The molecule has 0 aliphatic heterocycles. The standard InChI is InChI=1S/C16H21BrClNS/c1-19-15(13-7-12(18)16(17)20-13)14-10-3-8-2-9(5-10)6-11(14)4-8/h7-11,14-15,19H,2-6H2,1H3. The highest BCUT2D eigenvalue weighted by atomic mass is 79.9. The van der Waals surface area contributed by atoms with Gasteiger partial charge in [-0.3, -0.25) is 0 Å². The van der Waals surface area contributed by atoms with Crippen LogP contribution in [0.2, 0.25) is 5.02 Å². The lowest BCUT2D eigenvalue weighted by atomic mass is 9.50. The molecule has 0 aromatic carbocycles. The van der Waals surface area contributed by atoms with Gasteiger partial charge < -0.3 is 5.32 Å². The Morgan fingerprint density at radius 2 is 1.80 bits per heavy atom. The Morgan fingerprint density at radius 3 is 2.25 bits per heavy atom. The van der Waals surface area contributed by atoms with Crippen LogP contribution >= 0.6 is 38.9 Å². The van der Waals surface area contributed by atoms with Gasteiger partial charge in [0, 0.05) is 10.9 Å². The van der Waals surface area contributed by atoms with Crippen LogP contribution in [-0.4, -0.2) is 7.05 Å². The summed E-state index contributed by atoms with van der Waals surface area (Å²) < 4.78 is 1.08. The SMILES string of the molecule is CNC(c1cc(Cl)c(Br)s1)C1C2CC3CC(C2)CC1C3. The van der Waals surface area contributed by atoms with Crippen LogP contribution in [0.15, 0.2) is 9.85 Å². The molecule has 20 heavy (non-hydrogen) atoms. The van der Waals surface area contributed by atoms with Crippen LogP contribution in [0.5, 0.6) is 0 Å². The van der Waals surface area contributed by atoms with Crippen LogP contribution in [0.25, 0.3) is 0 Å². The molecule has 4 heteroatoms. The number of thiophene rings is 1. The molecule has 4 saturated carbocycles. The molecular weight excluding hydrogens is 354 g/mol. The zero-order valence-electron chi connectivity index (χ0n) is 11.7. The zero-order chi connectivity index (χ0) is 13.9. The van der Waals surface area contributed by atoms with E-state index in [1.54, 1.807) is 0 Å². The highest BCUT2D eigenvalue weighted by Gasteiger charge is 2.50. The molecule has 1 heterocycles. The maximum atomic E-state index is 6.26. The number of halogens is 2. The Hall–Kier alpha value is 0.430. The van der Waals surface area contributed by atoms with Crippen molar-refractivity contribution < 1.29 is 0 Å². The molecule has 1 N–H and O–H groups in total. The normalized spacial score (nSPS) is 40.2. The van der Waals surface area contributed by atoms with Crippen molar-refractivity contribution in [1.29, 1.82) is 0 Å². The molecule has 1 atom stereocenters. The summed E-state index contributed by atoms with van der Waals surface area (Å²) in [4.78, 5) is 1.42. The van der Waals surface area contributed by atoms with Crippen molar-refractivity contribution in [1.82, 2.24) is 5.32 Å². The second-order valence-electron chi connectivity index (χ2n) is 7.04. The summed E-state index contributed by atoms with van der Waals surface area (Å²) in [6.45, 7) is 0. The van der Waals surface area contributed by atoms with E-state index < -0.39 is 0 Å². The molecule has 4 bridgehead atoms. The van der Waals surface area contributed by atoms with Gasteiger partial charge in [0.2, 0.25) is 0 Å². The predicted molar refractivity (Wildman–Crippen MR) is 89.4 cm³/mol. The Morgan fingerprint density at radius 1 is 1.20 bits per heavy atom. The van der Waals surface area contributed by atoms with E-state index in [4.69, 9.17) is 11.6 Å². The van der Waals surface area contributed by atoms with Crippen molar-refractivity contribution >= 4 is 38.9 Å². The lowest BCUT2D eigenvalue weighted by Gasteiger charge is -2.56. The van der Waals surface area contributed by atoms with E-state index in [1.165, 1.54) is 37.0 Å². The van der Waals surface area contributed by atoms with Crippen LogP contribution in [0.4, 0.5) is 0 Å². The van der Waals surface area contributed by atoms with Crippen LogP contribution in [0.3, 0.4) is 0 Å². The van der Waals surface area contributed by atoms with Gasteiger partial charge in [-0.25, -0.2) is 0 Å². The van der Waals surface area contributed by atoms with E-state index in [1.807, 2.05) is 11.3 Å². The summed E-state index contributed by atoms with van der Waals surface area (Å²) in [5, 5.41) is 4.49. The Labute approximate surface area is 138 Å². The third-order valence-electron chi connectivity index (χ3n) is 5.97.